The van der Waals surface area contributed by atoms with Crippen molar-refractivity contribution in [3.63, 3.8) is 0 Å². The summed E-state index contributed by atoms with van der Waals surface area (Å²) in [6.07, 6.45) is -1.15. The Morgan fingerprint density at radius 2 is 1.96 bits per heavy atom. The molecule has 3 rings (SSSR count). The maximum atomic E-state index is 12.2. The zero-order valence-corrected chi connectivity index (χ0v) is 13.4. The highest BCUT2D eigenvalue weighted by Gasteiger charge is 2.23. The SMILES string of the molecule is Cc1cc(CS(=O)(=O)CC(O)c2ccc3c(c2)OCCO3)on1. The van der Waals surface area contributed by atoms with E-state index < -0.39 is 21.7 Å². The third-order valence-corrected chi connectivity index (χ3v) is 4.95. The van der Waals surface area contributed by atoms with Gasteiger partial charge < -0.3 is 19.1 Å². The Bertz CT molecular complexity index is 798. The van der Waals surface area contributed by atoms with Crippen molar-refractivity contribution in [2.24, 2.45) is 0 Å². The van der Waals surface area contributed by atoms with E-state index in [2.05, 4.69) is 5.16 Å². The lowest BCUT2D eigenvalue weighted by Crippen LogP contribution is -2.18. The molecule has 1 aromatic heterocycles. The fourth-order valence-corrected chi connectivity index (χ4v) is 3.72. The van der Waals surface area contributed by atoms with Crippen LogP contribution in [-0.4, -0.2) is 37.6 Å². The van der Waals surface area contributed by atoms with Crippen LogP contribution in [0.4, 0.5) is 0 Å². The standard InChI is InChI=1S/C15H17NO6S/c1-10-6-12(22-16-10)8-23(18,19)9-13(17)11-2-3-14-15(7-11)21-5-4-20-14/h2-3,6-7,13,17H,4-5,8-9H2,1H3. The van der Waals surface area contributed by atoms with Gasteiger partial charge in [-0.2, -0.15) is 0 Å². The second-order valence-corrected chi connectivity index (χ2v) is 7.52. The molecule has 0 fully saturated rings. The molecular formula is C15H17NO6S. The van der Waals surface area contributed by atoms with Crippen molar-refractivity contribution in [3.05, 3.63) is 41.3 Å². The van der Waals surface area contributed by atoms with E-state index in [0.717, 1.165) is 0 Å². The zero-order chi connectivity index (χ0) is 16.4. The number of rotatable bonds is 5. The lowest BCUT2D eigenvalue weighted by molar-refractivity contribution is 0.168. The van der Waals surface area contributed by atoms with Crippen LogP contribution >= 0.6 is 0 Å². The van der Waals surface area contributed by atoms with Crippen LogP contribution in [0.15, 0.2) is 28.8 Å². The Hall–Kier alpha value is -2.06. The molecule has 23 heavy (non-hydrogen) atoms. The van der Waals surface area contributed by atoms with Crippen LogP contribution in [0.3, 0.4) is 0 Å². The van der Waals surface area contributed by atoms with Gasteiger partial charge in [-0.3, -0.25) is 0 Å². The number of aromatic nitrogens is 1. The maximum absolute atomic E-state index is 12.2. The lowest BCUT2D eigenvalue weighted by atomic mass is 10.1. The van der Waals surface area contributed by atoms with Gasteiger partial charge in [0.05, 0.1) is 17.6 Å². The first-order valence-electron chi connectivity index (χ1n) is 7.13. The van der Waals surface area contributed by atoms with Crippen molar-refractivity contribution < 1.29 is 27.5 Å². The topological polar surface area (TPSA) is 98.9 Å². The molecule has 2 aromatic rings. The number of nitrogens with zero attached hydrogens (tertiary/aromatic N) is 1. The summed E-state index contributed by atoms with van der Waals surface area (Å²) < 4.78 is 40.1. The van der Waals surface area contributed by atoms with Gasteiger partial charge in [0.1, 0.15) is 19.0 Å². The lowest BCUT2D eigenvalue weighted by Gasteiger charge is -2.20. The molecule has 1 atom stereocenters. The fraction of sp³-hybridized carbons (Fsp3) is 0.400. The molecule has 1 aliphatic rings. The molecule has 1 aromatic carbocycles. The molecule has 1 aliphatic heterocycles. The number of aliphatic hydroxyl groups excluding tert-OH is 1. The highest BCUT2D eigenvalue weighted by atomic mass is 32.2. The number of hydrogen-bond acceptors (Lipinski definition) is 7. The molecule has 0 spiro atoms. The predicted molar refractivity (Wildman–Crippen MR) is 81.1 cm³/mol. The van der Waals surface area contributed by atoms with E-state index in [4.69, 9.17) is 14.0 Å². The molecule has 7 nitrogen and oxygen atoms in total. The van der Waals surface area contributed by atoms with Crippen LogP contribution in [0.2, 0.25) is 0 Å². The van der Waals surface area contributed by atoms with Gasteiger partial charge >= 0.3 is 0 Å². The summed E-state index contributed by atoms with van der Waals surface area (Å²) in [6.45, 7) is 2.61. The first kappa shape index (κ1) is 15.8. The quantitative estimate of drug-likeness (QED) is 0.879. The van der Waals surface area contributed by atoms with Gasteiger partial charge in [0, 0.05) is 6.07 Å². The van der Waals surface area contributed by atoms with Crippen LogP contribution in [0.1, 0.15) is 23.1 Å². The smallest absolute Gasteiger partial charge is 0.161 e. The van der Waals surface area contributed by atoms with Crippen LogP contribution in [0.25, 0.3) is 0 Å². The number of aliphatic hydroxyl groups is 1. The Labute approximate surface area is 133 Å². The molecule has 0 radical (unpaired) electrons. The first-order chi connectivity index (χ1) is 10.9. The van der Waals surface area contributed by atoms with E-state index in [1.165, 1.54) is 0 Å². The van der Waals surface area contributed by atoms with Gasteiger partial charge in [-0.05, 0) is 24.6 Å². The molecule has 0 amide bonds. The van der Waals surface area contributed by atoms with E-state index in [0.29, 0.717) is 36.0 Å². The minimum Gasteiger partial charge on any atom is -0.486 e. The summed E-state index contributed by atoms with van der Waals surface area (Å²) in [7, 11) is -3.55. The van der Waals surface area contributed by atoms with Crippen molar-refractivity contribution in [3.8, 4) is 11.5 Å². The second kappa shape index (κ2) is 6.21. The third kappa shape index (κ3) is 3.83. The summed E-state index contributed by atoms with van der Waals surface area (Å²) in [5.41, 5.74) is 1.08. The van der Waals surface area contributed by atoms with Crippen molar-refractivity contribution >= 4 is 9.84 Å². The number of sulfone groups is 1. The molecule has 2 heterocycles. The van der Waals surface area contributed by atoms with Crippen molar-refractivity contribution in [1.82, 2.24) is 5.16 Å². The maximum Gasteiger partial charge on any atom is 0.161 e. The van der Waals surface area contributed by atoms with Gasteiger partial charge in [0.15, 0.2) is 27.1 Å². The van der Waals surface area contributed by atoms with Crippen molar-refractivity contribution in [2.75, 3.05) is 19.0 Å². The third-order valence-electron chi connectivity index (χ3n) is 3.40. The number of hydrogen-bond donors (Lipinski definition) is 1. The molecule has 0 saturated carbocycles. The summed E-state index contributed by atoms with van der Waals surface area (Å²) in [5, 5.41) is 13.9. The van der Waals surface area contributed by atoms with E-state index in [9.17, 15) is 13.5 Å². The Morgan fingerprint density at radius 1 is 1.22 bits per heavy atom. The molecule has 124 valence electrons. The molecule has 8 heteroatoms. The second-order valence-electron chi connectivity index (χ2n) is 5.41. The predicted octanol–water partition coefficient (Wildman–Crippen LogP) is 1.40. The van der Waals surface area contributed by atoms with Crippen LogP contribution in [0.5, 0.6) is 11.5 Å². The van der Waals surface area contributed by atoms with Gasteiger partial charge in [0.2, 0.25) is 0 Å². The number of aryl methyl sites for hydroxylation is 1. The summed E-state index contributed by atoms with van der Waals surface area (Å²) >= 11 is 0. The van der Waals surface area contributed by atoms with Gasteiger partial charge in [-0.25, -0.2) is 8.42 Å². The van der Waals surface area contributed by atoms with Crippen LogP contribution in [-0.2, 0) is 15.6 Å². The highest BCUT2D eigenvalue weighted by Crippen LogP contribution is 2.33. The summed E-state index contributed by atoms with van der Waals surface area (Å²) in [6, 6.07) is 6.47. The minimum atomic E-state index is -3.55. The Kier molecular flexibility index (Phi) is 4.27. The largest absolute Gasteiger partial charge is 0.486 e. The Morgan fingerprint density at radius 3 is 2.65 bits per heavy atom. The van der Waals surface area contributed by atoms with Gasteiger partial charge in [0.25, 0.3) is 0 Å². The highest BCUT2D eigenvalue weighted by molar-refractivity contribution is 7.90. The van der Waals surface area contributed by atoms with Crippen LogP contribution in [0, 0.1) is 6.92 Å². The van der Waals surface area contributed by atoms with Crippen molar-refractivity contribution in [1.29, 1.82) is 0 Å². The monoisotopic (exact) mass is 339 g/mol. The molecule has 0 bridgehead atoms. The van der Waals surface area contributed by atoms with E-state index in [-0.39, 0.29) is 11.5 Å². The number of ether oxygens (including phenoxy) is 2. The molecule has 1 N–H and O–H groups in total. The molecular weight excluding hydrogens is 322 g/mol. The zero-order valence-electron chi connectivity index (χ0n) is 12.6. The average Bonchev–Trinajstić information content (AvgIpc) is 2.90. The average molecular weight is 339 g/mol. The normalized spacial score (nSPS) is 15.4. The molecule has 0 saturated heterocycles. The van der Waals surface area contributed by atoms with Gasteiger partial charge in [-0.1, -0.05) is 11.2 Å². The molecule has 0 aliphatic carbocycles. The van der Waals surface area contributed by atoms with E-state index in [1.54, 1.807) is 31.2 Å². The van der Waals surface area contributed by atoms with Crippen molar-refractivity contribution in [2.45, 2.75) is 18.8 Å². The summed E-state index contributed by atoms with van der Waals surface area (Å²) in [5.74, 6) is 0.655. The van der Waals surface area contributed by atoms with E-state index in [1.807, 2.05) is 0 Å². The van der Waals surface area contributed by atoms with Crippen LogP contribution < -0.4 is 9.47 Å². The fourth-order valence-electron chi connectivity index (χ4n) is 2.36. The first-order valence-corrected chi connectivity index (χ1v) is 8.95. The Balaban J connectivity index is 1.71. The summed E-state index contributed by atoms with van der Waals surface area (Å²) in [4.78, 5) is 0. The van der Waals surface area contributed by atoms with E-state index >= 15 is 0 Å². The molecule has 1 unspecified atom stereocenters. The van der Waals surface area contributed by atoms with Gasteiger partial charge in [-0.15, -0.1) is 0 Å². The number of benzene rings is 1. The minimum absolute atomic E-state index is 0.261. The number of fused-ring (bicyclic) bond motifs is 1.